The van der Waals surface area contributed by atoms with Gasteiger partial charge in [-0.1, -0.05) is 102 Å². The number of carbonyl (C=O) groups is 2. The number of piperidine rings is 2. The summed E-state index contributed by atoms with van der Waals surface area (Å²) in [5.74, 6) is 1.15. The van der Waals surface area contributed by atoms with Gasteiger partial charge in [-0.3, -0.25) is 9.59 Å². The molecule has 62 heavy (non-hydrogen) atoms. The minimum atomic E-state index is -0.550. The Hall–Kier alpha value is -2.92. The number of carbonyl (C=O) groups excluding carboxylic acids is 2. The molecule has 2 fully saturated rings. The van der Waals surface area contributed by atoms with Gasteiger partial charge in [-0.15, -0.1) is 20.5 Å². The van der Waals surface area contributed by atoms with E-state index in [1.807, 2.05) is 55.4 Å². The smallest absolute Gasteiger partial charge is 0.309 e. The van der Waals surface area contributed by atoms with E-state index in [4.69, 9.17) is 18.9 Å². The van der Waals surface area contributed by atoms with Gasteiger partial charge in [-0.25, -0.2) is 0 Å². The lowest BCUT2D eigenvalue weighted by atomic mass is 9.75. The summed E-state index contributed by atoms with van der Waals surface area (Å²) in [6, 6.07) is 12.6. The Kier molecular flexibility index (Phi) is 20.8. The lowest BCUT2D eigenvalue weighted by Gasteiger charge is -2.49. The van der Waals surface area contributed by atoms with E-state index in [2.05, 4.69) is 36.4 Å². The summed E-state index contributed by atoms with van der Waals surface area (Å²) >= 11 is 0. The van der Waals surface area contributed by atoms with E-state index in [9.17, 15) is 20.0 Å². The standard InChI is InChI=1S/C52H84N2O8/c1-49(2)37-43(38-50(3,4)53(49)57)47(55)61-33-25-21-17-13-9-11-15-19-23-31-59-45-29-27-42-36-46(30-28-41(42)35-45)60-32-24-20-16-12-10-14-18-22-26-34-62-48(56)44-39-51(5,6)54(58)52(7,8)40-44/h27-30,35-36,43-44H,9-26,31-34,37-40H2,1-8H3. The Morgan fingerprint density at radius 3 is 0.984 bits per heavy atom. The number of ether oxygens (including phenoxy) is 4. The van der Waals surface area contributed by atoms with E-state index in [1.165, 1.54) is 77.0 Å². The zero-order valence-corrected chi connectivity index (χ0v) is 40.2. The van der Waals surface area contributed by atoms with E-state index in [0.29, 0.717) is 38.9 Å². The first-order valence-corrected chi connectivity index (χ1v) is 24.5. The van der Waals surface area contributed by atoms with Crippen molar-refractivity contribution in [2.75, 3.05) is 26.4 Å². The second-order valence-electron chi connectivity index (χ2n) is 21.1. The van der Waals surface area contributed by atoms with Crippen LogP contribution in [0.25, 0.3) is 10.8 Å². The van der Waals surface area contributed by atoms with Crippen LogP contribution in [0.4, 0.5) is 0 Å². The third-order valence-corrected chi connectivity index (χ3v) is 13.2. The lowest BCUT2D eigenvalue weighted by molar-refractivity contribution is -0.293. The van der Waals surface area contributed by atoms with Crippen molar-refractivity contribution in [1.29, 1.82) is 0 Å². The van der Waals surface area contributed by atoms with Crippen LogP contribution in [0, 0.1) is 11.8 Å². The molecular weight excluding hydrogens is 781 g/mol. The number of benzene rings is 2. The maximum Gasteiger partial charge on any atom is 0.309 e. The van der Waals surface area contributed by atoms with Crippen molar-refractivity contribution in [1.82, 2.24) is 10.1 Å². The van der Waals surface area contributed by atoms with Crippen molar-refractivity contribution in [2.45, 2.75) is 219 Å². The summed E-state index contributed by atoms with van der Waals surface area (Å²) in [4.78, 5) is 25.4. The molecule has 2 heterocycles. The molecule has 0 unspecified atom stereocenters. The third-order valence-electron chi connectivity index (χ3n) is 13.2. The number of hydroxylamine groups is 4. The number of unbranched alkanes of at least 4 members (excludes halogenated alkanes) is 16. The minimum absolute atomic E-state index is 0.141. The summed E-state index contributed by atoms with van der Waals surface area (Å²) in [7, 11) is 0. The minimum Gasteiger partial charge on any atom is -0.494 e. The highest BCUT2D eigenvalue weighted by Gasteiger charge is 2.49. The van der Waals surface area contributed by atoms with Gasteiger partial charge in [0.05, 0.1) is 38.3 Å². The first-order valence-electron chi connectivity index (χ1n) is 24.5. The van der Waals surface area contributed by atoms with Gasteiger partial charge < -0.3 is 18.9 Å². The van der Waals surface area contributed by atoms with E-state index in [0.717, 1.165) is 84.1 Å². The highest BCUT2D eigenvalue weighted by atomic mass is 16.5. The Bertz CT molecular complexity index is 1480. The fourth-order valence-corrected chi connectivity index (χ4v) is 10.1. The molecule has 2 aliphatic rings. The summed E-state index contributed by atoms with van der Waals surface area (Å²) in [5, 5.41) is 29.8. The molecule has 10 nitrogen and oxygen atoms in total. The molecule has 2 radical (unpaired) electrons. The predicted octanol–water partition coefficient (Wildman–Crippen LogP) is 12.9. The van der Waals surface area contributed by atoms with E-state index in [-0.39, 0.29) is 23.8 Å². The number of nitrogens with zero attached hydrogens (tertiary/aromatic N) is 2. The van der Waals surface area contributed by atoms with Crippen LogP contribution in [0.15, 0.2) is 36.4 Å². The molecule has 0 N–H and O–H groups in total. The van der Waals surface area contributed by atoms with Gasteiger partial charge >= 0.3 is 11.9 Å². The number of rotatable bonds is 28. The second-order valence-corrected chi connectivity index (χ2v) is 21.1. The van der Waals surface area contributed by atoms with Gasteiger partial charge in [-0.2, -0.15) is 0 Å². The molecule has 10 heteroatoms. The quantitative estimate of drug-likeness (QED) is 0.0613. The molecule has 2 aliphatic heterocycles. The molecule has 0 saturated carbocycles. The highest BCUT2D eigenvalue weighted by molar-refractivity contribution is 5.85. The van der Waals surface area contributed by atoms with Gasteiger partial charge in [0.2, 0.25) is 0 Å². The zero-order valence-electron chi connectivity index (χ0n) is 40.2. The molecule has 0 amide bonds. The fraction of sp³-hybridized carbons (Fsp3) is 0.769. The SMILES string of the molecule is CC1(C)CC(C(=O)OCCCCCCCCCCCOc2ccc3cc(OCCCCCCCCCCCOC(=O)C4CC(C)(C)N([O])C(C)(C)C4)ccc3c2)CC(C)(C)N1[O]. The summed E-state index contributed by atoms with van der Waals surface area (Å²) < 4.78 is 23.4. The first kappa shape index (κ1) is 51.7. The Morgan fingerprint density at radius 1 is 0.435 bits per heavy atom. The fourth-order valence-electron chi connectivity index (χ4n) is 10.1. The van der Waals surface area contributed by atoms with Crippen molar-refractivity contribution in [3.05, 3.63) is 36.4 Å². The lowest BCUT2D eigenvalue weighted by Crippen LogP contribution is -2.59. The maximum atomic E-state index is 12.7. The van der Waals surface area contributed by atoms with Crippen LogP contribution in [0.5, 0.6) is 11.5 Å². The topological polar surface area (TPSA) is 117 Å². The first-order chi connectivity index (χ1) is 29.4. The Morgan fingerprint density at radius 2 is 0.694 bits per heavy atom. The number of hydrogen-bond donors (Lipinski definition) is 0. The molecule has 2 saturated heterocycles. The molecule has 2 aromatic rings. The number of hydrogen-bond acceptors (Lipinski definition) is 8. The highest BCUT2D eigenvalue weighted by Crippen LogP contribution is 2.42. The van der Waals surface area contributed by atoms with Gasteiger partial charge in [0.15, 0.2) is 0 Å². The monoisotopic (exact) mass is 865 g/mol. The largest absolute Gasteiger partial charge is 0.494 e. The molecule has 4 rings (SSSR count). The van der Waals surface area contributed by atoms with Gasteiger partial charge in [-0.05, 0) is 142 Å². The van der Waals surface area contributed by atoms with Crippen molar-refractivity contribution < 1.29 is 39.0 Å². The van der Waals surface area contributed by atoms with Crippen molar-refractivity contribution in [3.8, 4) is 11.5 Å². The van der Waals surface area contributed by atoms with Gasteiger partial charge in [0.25, 0.3) is 0 Å². The van der Waals surface area contributed by atoms with Crippen LogP contribution in [-0.4, -0.2) is 70.6 Å². The molecule has 350 valence electrons. The Balaban J connectivity index is 0.922. The van der Waals surface area contributed by atoms with Crippen molar-refractivity contribution in [2.24, 2.45) is 11.8 Å². The molecule has 0 spiro atoms. The van der Waals surface area contributed by atoms with Crippen LogP contribution in [0.1, 0.15) is 197 Å². The molecular formula is C52H84N2O8. The van der Waals surface area contributed by atoms with Crippen LogP contribution >= 0.6 is 0 Å². The number of esters is 2. The van der Waals surface area contributed by atoms with Gasteiger partial charge in [0.1, 0.15) is 11.5 Å². The normalized spacial score (nSPS) is 19.1. The second kappa shape index (κ2) is 25.0. The maximum absolute atomic E-state index is 12.7. The molecule has 0 bridgehead atoms. The molecule has 0 aliphatic carbocycles. The summed E-state index contributed by atoms with van der Waals surface area (Å²) in [6.45, 7) is 17.8. The van der Waals surface area contributed by atoms with E-state index >= 15 is 0 Å². The zero-order chi connectivity index (χ0) is 45.2. The average Bonchev–Trinajstić information content (AvgIpc) is 3.21. The van der Waals surface area contributed by atoms with Crippen LogP contribution < -0.4 is 9.47 Å². The predicted molar refractivity (Wildman–Crippen MR) is 247 cm³/mol. The van der Waals surface area contributed by atoms with Gasteiger partial charge in [0, 0.05) is 22.2 Å². The molecule has 0 atom stereocenters. The van der Waals surface area contributed by atoms with Crippen molar-refractivity contribution >= 4 is 22.7 Å². The van der Waals surface area contributed by atoms with E-state index in [1.54, 1.807) is 0 Å². The molecule has 0 aromatic heterocycles. The average molecular weight is 865 g/mol. The third kappa shape index (κ3) is 16.9. The van der Waals surface area contributed by atoms with Crippen LogP contribution in [0.2, 0.25) is 0 Å². The summed E-state index contributed by atoms with van der Waals surface area (Å²) in [6.07, 6.45) is 22.8. The number of fused-ring (bicyclic) bond motifs is 1. The van der Waals surface area contributed by atoms with Crippen molar-refractivity contribution in [3.63, 3.8) is 0 Å². The van der Waals surface area contributed by atoms with Crippen LogP contribution in [0.3, 0.4) is 0 Å². The summed E-state index contributed by atoms with van der Waals surface area (Å²) in [5.41, 5.74) is -2.20. The Labute approximate surface area is 375 Å². The van der Waals surface area contributed by atoms with E-state index < -0.39 is 22.2 Å². The molecule has 2 aromatic carbocycles. The van der Waals surface area contributed by atoms with Crippen LogP contribution in [-0.2, 0) is 29.5 Å².